The monoisotopic (exact) mass is 225 g/mol. The Morgan fingerprint density at radius 1 is 1.25 bits per heavy atom. The maximum atomic E-state index is 13.2. The Balaban J connectivity index is 2.19. The molecule has 1 aromatic carbocycles. The molecule has 0 spiro atoms. The summed E-state index contributed by atoms with van der Waals surface area (Å²) in [6.07, 6.45) is 3.33. The summed E-state index contributed by atoms with van der Waals surface area (Å²) in [7, 11) is 0. The zero-order chi connectivity index (χ0) is 11.5. The first-order valence-corrected chi connectivity index (χ1v) is 5.90. The fourth-order valence-corrected chi connectivity index (χ4v) is 2.61. The van der Waals surface area contributed by atoms with Crippen molar-refractivity contribution in [2.24, 2.45) is 0 Å². The van der Waals surface area contributed by atoms with Crippen LogP contribution in [0.4, 0.5) is 8.78 Å². The molecule has 1 fully saturated rings. The Labute approximate surface area is 94.9 Å². The van der Waals surface area contributed by atoms with Crippen LogP contribution in [0.3, 0.4) is 0 Å². The molecule has 1 nitrogen and oxygen atoms in total. The van der Waals surface area contributed by atoms with Crippen LogP contribution in [0.5, 0.6) is 0 Å². The smallest absolute Gasteiger partial charge is 0.159 e. The van der Waals surface area contributed by atoms with E-state index in [2.05, 4.69) is 12.2 Å². The molecule has 0 aromatic heterocycles. The lowest BCUT2D eigenvalue weighted by Crippen LogP contribution is -2.30. The molecule has 0 bridgehead atoms. The molecule has 0 radical (unpaired) electrons. The van der Waals surface area contributed by atoms with E-state index >= 15 is 0 Å². The van der Waals surface area contributed by atoms with Crippen molar-refractivity contribution >= 4 is 0 Å². The van der Waals surface area contributed by atoms with Crippen LogP contribution in [0.1, 0.15) is 37.7 Å². The Morgan fingerprint density at radius 3 is 2.75 bits per heavy atom. The average Bonchev–Trinajstić information content (AvgIpc) is 2.71. The number of nitrogens with one attached hydrogen (secondary N) is 1. The SMILES string of the molecule is CCNC1CCCC1c1ccc(F)c(F)c1. The van der Waals surface area contributed by atoms with Crippen molar-refractivity contribution in [3.05, 3.63) is 35.4 Å². The Hall–Kier alpha value is -0.960. The minimum absolute atomic E-state index is 0.329. The van der Waals surface area contributed by atoms with Gasteiger partial charge in [0.1, 0.15) is 0 Å². The molecule has 1 aliphatic rings. The fourth-order valence-electron chi connectivity index (χ4n) is 2.61. The van der Waals surface area contributed by atoms with Crippen LogP contribution in [0, 0.1) is 11.6 Å². The molecule has 0 aliphatic heterocycles. The first-order chi connectivity index (χ1) is 7.72. The summed E-state index contributed by atoms with van der Waals surface area (Å²) in [5, 5.41) is 3.41. The molecule has 2 rings (SSSR count). The van der Waals surface area contributed by atoms with E-state index in [1.54, 1.807) is 6.07 Å². The van der Waals surface area contributed by atoms with Crippen molar-refractivity contribution in [2.45, 2.75) is 38.1 Å². The van der Waals surface area contributed by atoms with Crippen molar-refractivity contribution in [2.75, 3.05) is 6.54 Å². The fraction of sp³-hybridized carbons (Fsp3) is 0.538. The van der Waals surface area contributed by atoms with Crippen molar-refractivity contribution in [3.63, 3.8) is 0 Å². The third-order valence-electron chi connectivity index (χ3n) is 3.35. The highest BCUT2D eigenvalue weighted by molar-refractivity contribution is 5.24. The molecule has 3 heteroatoms. The first kappa shape index (κ1) is 11.5. The van der Waals surface area contributed by atoms with E-state index in [4.69, 9.17) is 0 Å². The van der Waals surface area contributed by atoms with E-state index in [1.165, 1.54) is 12.1 Å². The molecular formula is C13H17F2N. The van der Waals surface area contributed by atoms with Gasteiger partial charge in [-0.2, -0.15) is 0 Å². The second-order valence-electron chi connectivity index (χ2n) is 4.38. The Kier molecular flexibility index (Phi) is 3.54. The third-order valence-corrected chi connectivity index (χ3v) is 3.35. The van der Waals surface area contributed by atoms with E-state index < -0.39 is 11.6 Å². The highest BCUT2D eigenvalue weighted by atomic mass is 19.2. The molecule has 1 aliphatic carbocycles. The van der Waals surface area contributed by atoms with Gasteiger partial charge in [-0.25, -0.2) is 8.78 Å². The quantitative estimate of drug-likeness (QED) is 0.833. The maximum absolute atomic E-state index is 13.2. The molecular weight excluding hydrogens is 208 g/mol. The van der Waals surface area contributed by atoms with Crippen LogP contribution in [-0.4, -0.2) is 12.6 Å². The van der Waals surface area contributed by atoms with E-state index in [0.717, 1.165) is 31.4 Å². The second-order valence-corrected chi connectivity index (χ2v) is 4.38. The molecule has 2 unspecified atom stereocenters. The van der Waals surface area contributed by atoms with Crippen LogP contribution in [0.2, 0.25) is 0 Å². The maximum Gasteiger partial charge on any atom is 0.159 e. The molecule has 88 valence electrons. The highest BCUT2D eigenvalue weighted by Gasteiger charge is 2.28. The predicted octanol–water partition coefficient (Wildman–Crippen LogP) is 3.21. The van der Waals surface area contributed by atoms with Gasteiger partial charge in [-0.3, -0.25) is 0 Å². The van der Waals surface area contributed by atoms with Gasteiger partial charge in [0.2, 0.25) is 0 Å². The van der Waals surface area contributed by atoms with Gasteiger partial charge in [0, 0.05) is 6.04 Å². The number of hydrogen-bond acceptors (Lipinski definition) is 1. The summed E-state index contributed by atoms with van der Waals surface area (Å²) in [6.45, 7) is 2.99. The number of benzene rings is 1. The minimum atomic E-state index is -0.762. The lowest BCUT2D eigenvalue weighted by atomic mass is 9.94. The van der Waals surface area contributed by atoms with Gasteiger partial charge in [-0.15, -0.1) is 0 Å². The van der Waals surface area contributed by atoms with E-state index in [0.29, 0.717) is 12.0 Å². The van der Waals surface area contributed by atoms with Gasteiger partial charge < -0.3 is 5.32 Å². The molecule has 2 atom stereocenters. The van der Waals surface area contributed by atoms with Gasteiger partial charge >= 0.3 is 0 Å². The summed E-state index contributed by atoms with van der Waals surface area (Å²) in [5.41, 5.74) is 0.919. The second kappa shape index (κ2) is 4.91. The van der Waals surface area contributed by atoms with E-state index in [-0.39, 0.29) is 0 Å². The zero-order valence-corrected chi connectivity index (χ0v) is 9.47. The van der Waals surface area contributed by atoms with Crippen LogP contribution in [0.25, 0.3) is 0 Å². The van der Waals surface area contributed by atoms with Gasteiger partial charge in [0.15, 0.2) is 11.6 Å². The predicted molar refractivity (Wildman–Crippen MR) is 60.4 cm³/mol. The number of halogens is 2. The lowest BCUT2D eigenvalue weighted by Gasteiger charge is -2.20. The number of hydrogen-bond donors (Lipinski definition) is 1. The normalized spacial score (nSPS) is 24.9. The number of likely N-dealkylation sites (N-methyl/N-ethyl adjacent to an activating group) is 1. The summed E-state index contributed by atoms with van der Waals surface area (Å²) < 4.78 is 26.0. The van der Waals surface area contributed by atoms with Gasteiger partial charge in [-0.1, -0.05) is 19.4 Å². The van der Waals surface area contributed by atoms with Crippen molar-refractivity contribution in [1.82, 2.24) is 5.32 Å². The molecule has 0 saturated heterocycles. The van der Waals surface area contributed by atoms with Crippen LogP contribution in [0.15, 0.2) is 18.2 Å². The standard InChI is InChI=1S/C13H17F2N/c1-2-16-13-5-3-4-10(13)9-6-7-11(14)12(15)8-9/h6-8,10,13,16H,2-5H2,1H3. The van der Waals surface area contributed by atoms with Crippen molar-refractivity contribution in [1.29, 1.82) is 0 Å². The van der Waals surface area contributed by atoms with E-state index in [9.17, 15) is 8.78 Å². The van der Waals surface area contributed by atoms with Crippen LogP contribution in [-0.2, 0) is 0 Å². The molecule has 0 heterocycles. The Morgan fingerprint density at radius 2 is 2.06 bits per heavy atom. The minimum Gasteiger partial charge on any atom is -0.314 e. The van der Waals surface area contributed by atoms with Crippen LogP contribution < -0.4 is 5.32 Å². The van der Waals surface area contributed by atoms with Gasteiger partial charge in [-0.05, 0) is 43.0 Å². The molecule has 1 N–H and O–H groups in total. The molecule has 1 aromatic rings. The highest BCUT2D eigenvalue weighted by Crippen LogP contribution is 2.35. The number of rotatable bonds is 3. The molecule has 1 saturated carbocycles. The molecule has 0 amide bonds. The lowest BCUT2D eigenvalue weighted by molar-refractivity contribution is 0.480. The molecule has 16 heavy (non-hydrogen) atoms. The zero-order valence-electron chi connectivity index (χ0n) is 9.47. The van der Waals surface area contributed by atoms with Crippen molar-refractivity contribution < 1.29 is 8.78 Å². The summed E-state index contributed by atoms with van der Waals surface area (Å²) in [5.74, 6) is -1.17. The van der Waals surface area contributed by atoms with Gasteiger partial charge in [0.25, 0.3) is 0 Å². The average molecular weight is 225 g/mol. The summed E-state index contributed by atoms with van der Waals surface area (Å²) in [6, 6.07) is 4.69. The topological polar surface area (TPSA) is 12.0 Å². The van der Waals surface area contributed by atoms with E-state index in [1.807, 2.05) is 0 Å². The first-order valence-electron chi connectivity index (χ1n) is 5.90. The van der Waals surface area contributed by atoms with Crippen LogP contribution >= 0.6 is 0 Å². The summed E-state index contributed by atoms with van der Waals surface area (Å²) >= 11 is 0. The van der Waals surface area contributed by atoms with Gasteiger partial charge in [0.05, 0.1) is 0 Å². The summed E-state index contributed by atoms with van der Waals surface area (Å²) in [4.78, 5) is 0. The van der Waals surface area contributed by atoms with Crippen molar-refractivity contribution in [3.8, 4) is 0 Å². The largest absolute Gasteiger partial charge is 0.314 e. The third kappa shape index (κ3) is 2.24. The Bertz CT molecular complexity index is 365.